The maximum absolute atomic E-state index is 12.3. The summed E-state index contributed by atoms with van der Waals surface area (Å²) in [7, 11) is -5.52. The fraction of sp³-hybridized carbons (Fsp3) is 0.600. The average Bonchev–Trinajstić information content (AvgIpc) is 2.47. The number of methoxy groups -OCH3 is 1. The lowest BCUT2D eigenvalue weighted by Crippen LogP contribution is -2.38. The maximum Gasteiger partial charge on any atom is 0.240 e. The Bertz CT molecular complexity index is 745. The first-order chi connectivity index (χ1) is 11.1. The SMILES string of the molecule is COCCCN(CCNS(=O)(=O)c1ccc(C)c(C)c1)S(C)(=O)=O. The summed E-state index contributed by atoms with van der Waals surface area (Å²) >= 11 is 0. The van der Waals surface area contributed by atoms with E-state index >= 15 is 0 Å². The molecule has 138 valence electrons. The van der Waals surface area contributed by atoms with E-state index in [9.17, 15) is 16.8 Å². The van der Waals surface area contributed by atoms with Crippen LogP contribution in [-0.4, -0.2) is 60.7 Å². The summed E-state index contributed by atoms with van der Waals surface area (Å²) in [6.45, 7) is 4.57. The van der Waals surface area contributed by atoms with Crippen molar-refractivity contribution < 1.29 is 21.6 Å². The highest BCUT2D eigenvalue weighted by atomic mass is 32.2. The Morgan fingerprint density at radius 2 is 1.75 bits per heavy atom. The van der Waals surface area contributed by atoms with Crippen molar-refractivity contribution in [3.8, 4) is 0 Å². The second-order valence-corrected chi connectivity index (χ2v) is 9.40. The summed E-state index contributed by atoms with van der Waals surface area (Å²) in [5.41, 5.74) is 1.89. The number of nitrogens with one attached hydrogen (secondary N) is 1. The van der Waals surface area contributed by atoms with Crippen molar-refractivity contribution in [3.05, 3.63) is 29.3 Å². The van der Waals surface area contributed by atoms with E-state index in [1.807, 2.05) is 13.8 Å². The van der Waals surface area contributed by atoms with Gasteiger partial charge < -0.3 is 4.74 Å². The zero-order valence-corrected chi connectivity index (χ0v) is 16.2. The van der Waals surface area contributed by atoms with E-state index in [-0.39, 0.29) is 24.5 Å². The van der Waals surface area contributed by atoms with Crippen LogP contribution in [0.3, 0.4) is 0 Å². The van der Waals surface area contributed by atoms with Crippen molar-refractivity contribution in [3.63, 3.8) is 0 Å². The Morgan fingerprint density at radius 1 is 1.08 bits per heavy atom. The summed E-state index contributed by atoms with van der Waals surface area (Å²) in [5, 5.41) is 0. The molecular formula is C15H26N2O5S2. The highest BCUT2D eigenvalue weighted by Crippen LogP contribution is 2.14. The van der Waals surface area contributed by atoms with Crippen LogP contribution in [0.25, 0.3) is 0 Å². The molecule has 0 bridgehead atoms. The molecule has 24 heavy (non-hydrogen) atoms. The molecule has 1 N–H and O–H groups in total. The van der Waals surface area contributed by atoms with Crippen LogP contribution in [0.1, 0.15) is 17.5 Å². The molecule has 9 heteroatoms. The predicted octanol–water partition coefficient (Wildman–Crippen LogP) is 0.880. The van der Waals surface area contributed by atoms with Crippen molar-refractivity contribution in [2.24, 2.45) is 0 Å². The summed E-state index contributed by atoms with van der Waals surface area (Å²) in [6, 6.07) is 4.89. The molecule has 7 nitrogen and oxygen atoms in total. The molecule has 0 aromatic heterocycles. The van der Waals surface area contributed by atoms with E-state index in [1.54, 1.807) is 19.2 Å². The van der Waals surface area contributed by atoms with Gasteiger partial charge >= 0.3 is 0 Å². The van der Waals surface area contributed by atoms with Gasteiger partial charge in [0.1, 0.15) is 0 Å². The third-order valence-electron chi connectivity index (χ3n) is 3.67. The van der Waals surface area contributed by atoms with Gasteiger partial charge in [-0.05, 0) is 43.5 Å². The van der Waals surface area contributed by atoms with Crippen LogP contribution in [0.15, 0.2) is 23.1 Å². The van der Waals surface area contributed by atoms with Gasteiger partial charge in [-0.3, -0.25) is 0 Å². The van der Waals surface area contributed by atoms with Gasteiger partial charge in [0.05, 0.1) is 11.2 Å². The van der Waals surface area contributed by atoms with Gasteiger partial charge in [0.25, 0.3) is 0 Å². The highest BCUT2D eigenvalue weighted by molar-refractivity contribution is 7.89. The van der Waals surface area contributed by atoms with E-state index in [4.69, 9.17) is 4.74 Å². The molecule has 0 saturated heterocycles. The summed E-state index contributed by atoms with van der Waals surface area (Å²) in [6.07, 6.45) is 1.66. The molecule has 0 atom stereocenters. The molecule has 0 saturated carbocycles. The molecule has 0 aliphatic rings. The first kappa shape index (κ1) is 21.0. The second kappa shape index (κ2) is 8.91. The molecule has 1 aromatic rings. The third kappa shape index (κ3) is 6.48. The lowest BCUT2D eigenvalue weighted by atomic mass is 10.1. The molecule has 1 aromatic carbocycles. The van der Waals surface area contributed by atoms with E-state index in [0.717, 1.165) is 17.4 Å². The Balaban J connectivity index is 2.70. The van der Waals surface area contributed by atoms with Crippen LogP contribution in [0.5, 0.6) is 0 Å². The third-order valence-corrected chi connectivity index (χ3v) is 6.43. The van der Waals surface area contributed by atoms with E-state index < -0.39 is 20.0 Å². The number of hydrogen-bond donors (Lipinski definition) is 1. The van der Waals surface area contributed by atoms with Gasteiger partial charge in [0.15, 0.2) is 0 Å². The Hall–Kier alpha value is -1.00. The number of nitrogens with zero attached hydrogens (tertiary/aromatic N) is 1. The van der Waals surface area contributed by atoms with Crippen LogP contribution < -0.4 is 4.72 Å². The molecule has 0 spiro atoms. The minimum absolute atomic E-state index is 0.00924. The van der Waals surface area contributed by atoms with Gasteiger partial charge in [0.2, 0.25) is 20.0 Å². The van der Waals surface area contributed by atoms with Gasteiger partial charge in [-0.25, -0.2) is 25.9 Å². The molecule has 0 fully saturated rings. The summed E-state index contributed by atoms with van der Waals surface area (Å²) in [4.78, 5) is 0.177. The molecule has 0 radical (unpaired) electrons. The maximum atomic E-state index is 12.3. The molecule has 0 aliphatic heterocycles. The quantitative estimate of drug-likeness (QED) is 0.610. The Kier molecular flexibility index (Phi) is 7.81. The zero-order valence-electron chi connectivity index (χ0n) is 14.6. The standard InChI is InChI=1S/C15H26N2O5S2/c1-13-6-7-15(12-14(13)2)24(20,21)16-8-10-17(23(4,18)19)9-5-11-22-3/h6-7,12,16H,5,8-11H2,1-4H3. The second-order valence-electron chi connectivity index (χ2n) is 5.65. The van der Waals surface area contributed by atoms with Crippen molar-refractivity contribution in [1.29, 1.82) is 0 Å². The monoisotopic (exact) mass is 378 g/mol. The lowest BCUT2D eigenvalue weighted by Gasteiger charge is -2.20. The van der Waals surface area contributed by atoms with Gasteiger partial charge in [-0.1, -0.05) is 6.07 Å². The van der Waals surface area contributed by atoms with Crippen LogP contribution in [0.4, 0.5) is 0 Å². The van der Waals surface area contributed by atoms with Gasteiger partial charge in [-0.2, -0.15) is 0 Å². The lowest BCUT2D eigenvalue weighted by molar-refractivity contribution is 0.187. The topological polar surface area (TPSA) is 92.8 Å². The molecule has 1 rings (SSSR count). The zero-order chi connectivity index (χ0) is 18.4. The molecule has 0 aliphatic carbocycles. The van der Waals surface area contributed by atoms with Gasteiger partial charge in [0, 0.05) is 33.4 Å². The summed E-state index contributed by atoms with van der Waals surface area (Å²) in [5.74, 6) is 0. The smallest absolute Gasteiger partial charge is 0.240 e. The first-order valence-corrected chi connectivity index (χ1v) is 10.9. The minimum Gasteiger partial charge on any atom is -0.385 e. The minimum atomic E-state index is -3.66. The largest absolute Gasteiger partial charge is 0.385 e. The summed E-state index contributed by atoms with van der Waals surface area (Å²) < 4.78 is 56.7. The molecule has 0 unspecified atom stereocenters. The van der Waals surface area contributed by atoms with E-state index in [1.165, 1.54) is 10.4 Å². The number of aryl methyl sites for hydroxylation is 2. The van der Waals surface area contributed by atoms with Crippen LogP contribution >= 0.6 is 0 Å². The fourth-order valence-electron chi connectivity index (χ4n) is 2.10. The number of sulfonamides is 2. The van der Waals surface area contributed by atoms with Crippen LogP contribution in [0.2, 0.25) is 0 Å². The molecule has 0 heterocycles. The first-order valence-electron chi connectivity index (χ1n) is 7.59. The fourth-order valence-corrected chi connectivity index (χ4v) is 4.09. The number of rotatable bonds is 10. The Labute approximate surface area is 145 Å². The van der Waals surface area contributed by atoms with Crippen LogP contribution in [-0.2, 0) is 24.8 Å². The van der Waals surface area contributed by atoms with Crippen LogP contribution in [0, 0.1) is 13.8 Å². The van der Waals surface area contributed by atoms with E-state index in [0.29, 0.717) is 13.0 Å². The molecule has 0 amide bonds. The average molecular weight is 379 g/mol. The van der Waals surface area contributed by atoms with E-state index in [2.05, 4.69) is 4.72 Å². The van der Waals surface area contributed by atoms with Crippen molar-refractivity contribution in [2.75, 3.05) is 39.6 Å². The molecular weight excluding hydrogens is 352 g/mol. The predicted molar refractivity (Wildman–Crippen MR) is 94.0 cm³/mol. The van der Waals surface area contributed by atoms with Crippen molar-refractivity contribution in [1.82, 2.24) is 9.03 Å². The Morgan fingerprint density at radius 3 is 2.29 bits per heavy atom. The van der Waals surface area contributed by atoms with Crippen molar-refractivity contribution >= 4 is 20.0 Å². The highest BCUT2D eigenvalue weighted by Gasteiger charge is 2.18. The normalized spacial score (nSPS) is 12.7. The number of benzene rings is 1. The number of hydrogen-bond acceptors (Lipinski definition) is 5. The number of ether oxygens (including phenoxy) is 1. The van der Waals surface area contributed by atoms with Crippen molar-refractivity contribution in [2.45, 2.75) is 25.2 Å². The van der Waals surface area contributed by atoms with Gasteiger partial charge in [-0.15, -0.1) is 0 Å².